The van der Waals surface area contributed by atoms with Crippen LogP contribution in [0.15, 0.2) is 22.3 Å². The van der Waals surface area contributed by atoms with Crippen molar-refractivity contribution >= 4 is 12.1 Å². The third-order valence-corrected chi connectivity index (χ3v) is 0.726. The number of rotatable bonds is 1. The van der Waals surface area contributed by atoms with Crippen LogP contribution in [0.4, 0.5) is 0 Å². The van der Waals surface area contributed by atoms with Gasteiger partial charge in [-0.15, -0.1) is 0 Å². The molecule has 0 aromatic heterocycles. The van der Waals surface area contributed by atoms with Crippen LogP contribution < -0.4 is 0 Å². The molecule has 0 unspecified atom stereocenters. The molecule has 0 aliphatic carbocycles. The first-order valence-electron chi connectivity index (χ1n) is 4.95. The lowest BCUT2D eigenvalue weighted by atomic mass is 10.6. The molecule has 0 aliphatic rings. The Morgan fingerprint density at radius 1 is 1.00 bits per heavy atom. The zero-order valence-corrected chi connectivity index (χ0v) is 10.1. The Bertz CT molecular complexity index is 144. The molecule has 0 atom stereocenters. The van der Waals surface area contributed by atoms with Crippen molar-refractivity contribution in [2.24, 2.45) is 9.98 Å². The predicted octanol–water partition coefficient (Wildman–Crippen LogP) is 4.08. The van der Waals surface area contributed by atoms with E-state index >= 15 is 0 Å². The van der Waals surface area contributed by atoms with Crippen molar-refractivity contribution in [3.8, 4) is 0 Å². The molecule has 78 valence electrons. The van der Waals surface area contributed by atoms with Crippen LogP contribution in [0.1, 0.15) is 48.5 Å². The van der Waals surface area contributed by atoms with E-state index in [9.17, 15) is 0 Å². The first-order chi connectivity index (χ1) is 6.31. The van der Waals surface area contributed by atoms with E-state index in [0.717, 1.165) is 5.84 Å². The normalized spacial score (nSPS) is 10.5. The van der Waals surface area contributed by atoms with Crippen LogP contribution >= 0.6 is 0 Å². The number of amidine groups is 1. The van der Waals surface area contributed by atoms with Crippen molar-refractivity contribution in [1.82, 2.24) is 0 Å². The highest BCUT2D eigenvalue weighted by atomic mass is 14.9. The lowest BCUT2D eigenvalue weighted by Crippen LogP contribution is -1.81. The van der Waals surface area contributed by atoms with Gasteiger partial charge in [-0.25, -0.2) is 9.98 Å². The van der Waals surface area contributed by atoms with Gasteiger partial charge in [-0.05, 0) is 20.8 Å². The van der Waals surface area contributed by atoms with E-state index in [1.54, 1.807) is 12.4 Å². The SMILES string of the molecule is CC.CC.CC=NC(C)=N/C=C\C. The molecule has 0 N–H and O–H groups in total. The minimum atomic E-state index is 0.788. The Labute approximate surface area is 83.5 Å². The smallest absolute Gasteiger partial charge is 0.124 e. The monoisotopic (exact) mass is 184 g/mol. The molecular weight excluding hydrogens is 160 g/mol. The van der Waals surface area contributed by atoms with Crippen LogP contribution in [-0.2, 0) is 0 Å². The third kappa shape index (κ3) is 24.7. The molecule has 0 aromatic rings. The summed E-state index contributed by atoms with van der Waals surface area (Å²) in [7, 11) is 0. The van der Waals surface area contributed by atoms with Crippen LogP contribution in [0.2, 0.25) is 0 Å². The van der Waals surface area contributed by atoms with E-state index in [1.165, 1.54) is 0 Å². The van der Waals surface area contributed by atoms with Gasteiger partial charge in [0.15, 0.2) is 0 Å². The van der Waals surface area contributed by atoms with E-state index in [-0.39, 0.29) is 0 Å². The maximum atomic E-state index is 3.97. The second-order valence-electron chi connectivity index (χ2n) is 1.55. The Morgan fingerprint density at radius 3 is 1.77 bits per heavy atom. The third-order valence-electron chi connectivity index (χ3n) is 0.726. The molecule has 0 heterocycles. The Balaban J connectivity index is -0.000000218. The summed E-state index contributed by atoms with van der Waals surface area (Å²) < 4.78 is 0. The number of hydrogen-bond donors (Lipinski definition) is 0. The summed E-state index contributed by atoms with van der Waals surface area (Å²) in [4.78, 5) is 7.91. The van der Waals surface area contributed by atoms with Crippen molar-refractivity contribution in [3.05, 3.63) is 12.3 Å². The maximum Gasteiger partial charge on any atom is 0.124 e. The first kappa shape index (κ1) is 18.0. The summed E-state index contributed by atoms with van der Waals surface area (Å²) in [6, 6.07) is 0. The largest absolute Gasteiger partial charge is 0.246 e. The zero-order chi connectivity index (χ0) is 11.1. The van der Waals surface area contributed by atoms with Gasteiger partial charge in [-0.3, -0.25) is 0 Å². The molecule has 0 aromatic carbocycles. The highest BCUT2D eigenvalue weighted by molar-refractivity contribution is 5.87. The molecule has 0 aliphatic heterocycles. The van der Waals surface area contributed by atoms with Gasteiger partial charge in [0, 0.05) is 12.4 Å². The number of hydrogen-bond acceptors (Lipinski definition) is 1. The van der Waals surface area contributed by atoms with Crippen molar-refractivity contribution in [2.75, 3.05) is 0 Å². The molecule has 0 bridgehead atoms. The van der Waals surface area contributed by atoms with Crippen molar-refractivity contribution in [2.45, 2.75) is 48.5 Å². The lowest BCUT2D eigenvalue weighted by molar-refractivity contribution is 1.45. The van der Waals surface area contributed by atoms with Gasteiger partial charge in [0.2, 0.25) is 0 Å². The molecule has 2 heteroatoms. The Kier molecular flexibility index (Phi) is 31.1. The van der Waals surface area contributed by atoms with Crippen LogP contribution in [0.25, 0.3) is 0 Å². The Hall–Kier alpha value is -0.920. The molecule has 0 radical (unpaired) electrons. The zero-order valence-electron chi connectivity index (χ0n) is 10.1. The van der Waals surface area contributed by atoms with Gasteiger partial charge in [0.25, 0.3) is 0 Å². The molecule has 2 nitrogen and oxygen atoms in total. The van der Waals surface area contributed by atoms with E-state index in [1.807, 2.05) is 54.5 Å². The first-order valence-corrected chi connectivity index (χ1v) is 4.95. The second kappa shape index (κ2) is 22.5. The molecule has 0 amide bonds. The molecule has 0 spiro atoms. The fraction of sp³-hybridized carbons (Fsp3) is 0.636. The summed E-state index contributed by atoms with van der Waals surface area (Å²) >= 11 is 0. The van der Waals surface area contributed by atoms with Gasteiger partial charge < -0.3 is 0 Å². The average molecular weight is 184 g/mol. The summed E-state index contributed by atoms with van der Waals surface area (Å²) in [6.07, 6.45) is 5.32. The van der Waals surface area contributed by atoms with E-state index in [0.29, 0.717) is 0 Å². The van der Waals surface area contributed by atoms with E-state index in [4.69, 9.17) is 0 Å². The number of aliphatic imine (C=N–C) groups is 2. The fourth-order valence-electron chi connectivity index (χ4n) is 0.403. The quantitative estimate of drug-likeness (QED) is 0.433. The topological polar surface area (TPSA) is 24.7 Å². The lowest BCUT2D eigenvalue weighted by Gasteiger charge is -1.83. The highest BCUT2D eigenvalue weighted by Gasteiger charge is 1.75. The van der Waals surface area contributed by atoms with Gasteiger partial charge in [-0.2, -0.15) is 0 Å². The molecule has 0 rings (SSSR count). The minimum Gasteiger partial charge on any atom is -0.246 e. The van der Waals surface area contributed by atoms with Crippen LogP contribution in [0.3, 0.4) is 0 Å². The highest BCUT2D eigenvalue weighted by Crippen LogP contribution is 1.80. The second-order valence-corrected chi connectivity index (χ2v) is 1.55. The van der Waals surface area contributed by atoms with Gasteiger partial charge in [0.05, 0.1) is 0 Å². The van der Waals surface area contributed by atoms with Crippen LogP contribution in [0.5, 0.6) is 0 Å². The molecule has 0 saturated carbocycles. The molecule has 0 fully saturated rings. The summed E-state index contributed by atoms with van der Waals surface area (Å²) in [6.45, 7) is 13.7. The van der Waals surface area contributed by atoms with Crippen molar-refractivity contribution in [3.63, 3.8) is 0 Å². The Morgan fingerprint density at radius 2 is 1.46 bits per heavy atom. The predicted molar refractivity (Wildman–Crippen MR) is 64.8 cm³/mol. The number of nitrogens with zero attached hydrogens (tertiary/aromatic N) is 2. The minimum absolute atomic E-state index is 0.788. The van der Waals surface area contributed by atoms with Gasteiger partial charge >= 0.3 is 0 Å². The molecule has 13 heavy (non-hydrogen) atoms. The summed E-state index contributed by atoms with van der Waals surface area (Å²) in [5.74, 6) is 0.788. The summed E-state index contributed by atoms with van der Waals surface area (Å²) in [5.41, 5.74) is 0. The van der Waals surface area contributed by atoms with Crippen LogP contribution in [0, 0.1) is 0 Å². The summed E-state index contributed by atoms with van der Waals surface area (Å²) in [5, 5.41) is 0. The molecule has 0 saturated heterocycles. The fourth-order valence-corrected chi connectivity index (χ4v) is 0.403. The van der Waals surface area contributed by atoms with E-state index in [2.05, 4.69) is 9.98 Å². The molecular formula is C11H24N2. The van der Waals surface area contributed by atoms with Crippen LogP contribution in [-0.4, -0.2) is 12.1 Å². The van der Waals surface area contributed by atoms with Gasteiger partial charge in [-0.1, -0.05) is 33.8 Å². The van der Waals surface area contributed by atoms with Crippen molar-refractivity contribution in [1.29, 1.82) is 0 Å². The number of allylic oxidation sites excluding steroid dienone is 1. The van der Waals surface area contributed by atoms with Gasteiger partial charge in [0.1, 0.15) is 5.84 Å². The maximum absolute atomic E-state index is 3.97. The van der Waals surface area contributed by atoms with Crippen molar-refractivity contribution < 1.29 is 0 Å². The average Bonchev–Trinajstić information content (AvgIpc) is 2.21. The standard InChI is InChI=1S/C7H12N2.2C2H6/c1-4-6-9-7(3)8-5-2;2*1-2/h4-6H,1-3H3;2*1-2H3/b6-4-,8-5?,9-7?;;. The van der Waals surface area contributed by atoms with E-state index < -0.39 is 0 Å².